The summed E-state index contributed by atoms with van der Waals surface area (Å²) in [6, 6.07) is 8.85. The number of hydrogen-bond acceptors (Lipinski definition) is 1. The van der Waals surface area contributed by atoms with Crippen molar-refractivity contribution in [1.82, 2.24) is 5.32 Å². The minimum Gasteiger partial charge on any atom is -0.307 e. The predicted molar refractivity (Wildman–Crippen MR) is 69.5 cm³/mol. The molecule has 16 heavy (non-hydrogen) atoms. The number of hydrogen-bond donors (Lipinski definition) is 1. The number of aryl methyl sites for hydroxylation is 1. The molecule has 1 N–H and O–H groups in total. The van der Waals surface area contributed by atoms with Crippen molar-refractivity contribution in [1.29, 1.82) is 0 Å². The van der Waals surface area contributed by atoms with Crippen molar-refractivity contribution in [3.05, 3.63) is 35.4 Å². The Kier molecular flexibility index (Phi) is 3.65. The first kappa shape index (κ1) is 11.7. The summed E-state index contributed by atoms with van der Waals surface area (Å²) >= 11 is 0. The standard InChI is InChI=1S/C15H23N/c1-13-6-8-14(9-7-13)12-16-15(2)10-4-3-5-11-15/h6-9,16H,3-5,10-12H2,1-2H3. The van der Waals surface area contributed by atoms with Gasteiger partial charge in [0.25, 0.3) is 0 Å². The summed E-state index contributed by atoms with van der Waals surface area (Å²) in [6.07, 6.45) is 6.86. The van der Waals surface area contributed by atoms with E-state index in [1.165, 1.54) is 43.2 Å². The largest absolute Gasteiger partial charge is 0.307 e. The fourth-order valence-corrected chi connectivity index (χ4v) is 2.53. The first-order valence-electron chi connectivity index (χ1n) is 6.49. The summed E-state index contributed by atoms with van der Waals surface area (Å²) in [5, 5.41) is 3.73. The summed E-state index contributed by atoms with van der Waals surface area (Å²) in [7, 11) is 0. The van der Waals surface area contributed by atoms with Gasteiger partial charge in [0.05, 0.1) is 0 Å². The van der Waals surface area contributed by atoms with Crippen LogP contribution in [0, 0.1) is 6.92 Å². The molecule has 1 heteroatoms. The second-order valence-corrected chi connectivity index (χ2v) is 5.46. The minimum atomic E-state index is 0.378. The zero-order valence-electron chi connectivity index (χ0n) is 10.6. The van der Waals surface area contributed by atoms with Gasteiger partial charge in [-0.3, -0.25) is 0 Å². The van der Waals surface area contributed by atoms with Crippen LogP contribution in [-0.2, 0) is 6.54 Å². The Morgan fingerprint density at radius 1 is 1.06 bits per heavy atom. The van der Waals surface area contributed by atoms with Crippen molar-refractivity contribution >= 4 is 0 Å². The Hall–Kier alpha value is -0.820. The van der Waals surface area contributed by atoms with E-state index in [-0.39, 0.29) is 0 Å². The molecule has 1 aliphatic rings. The van der Waals surface area contributed by atoms with Gasteiger partial charge in [-0.05, 0) is 32.3 Å². The Bertz CT molecular complexity index is 320. The fraction of sp³-hybridized carbons (Fsp3) is 0.600. The first-order valence-corrected chi connectivity index (χ1v) is 6.49. The van der Waals surface area contributed by atoms with Gasteiger partial charge in [-0.1, -0.05) is 49.1 Å². The molecule has 0 spiro atoms. The van der Waals surface area contributed by atoms with Crippen LogP contribution in [0.25, 0.3) is 0 Å². The van der Waals surface area contributed by atoms with Crippen molar-refractivity contribution in [2.75, 3.05) is 0 Å². The van der Waals surface area contributed by atoms with Crippen molar-refractivity contribution in [2.24, 2.45) is 0 Å². The maximum Gasteiger partial charge on any atom is 0.0210 e. The molecule has 0 unspecified atom stereocenters. The van der Waals surface area contributed by atoms with Gasteiger partial charge in [-0.2, -0.15) is 0 Å². The molecule has 1 fully saturated rings. The Morgan fingerprint density at radius 2 is 1.69 bits per heavy atom. The summed E-state index contributed by atoms with van der Waals surface area (Å²) in [6.45, 7) is 5.52. The number of nitrogens with one attached hydrogen (secondary N) is 1. The topological polar surface area (TPSA) is 12.0 Å². The molecule has 1 aliphatic carbocycles. The molecular weight excluding hydrogens is 194 g/mol. The molecule has 1 aromatic rings. The Labute approximate surface area is 99.3 Å². The second kappa shape index (κ2) is 5.01. The summed E-state index contributed by atoms with van der Waals surface area (Å²) < 4.78 is 0. The van der Waals surface area contributed by atoms with E-state index in [0.717, 1.165) is 6.54 Å². The predicted octanol–water partition coefficient (Wildman–Crippen LogP) is 3.81. The van der Waals surface area contributed by atoms with E-state index in [4.69, 9.17) is 0 Å². The van der Waals surface area contributed by atoms with Crippen LogP contribution in [0.1, 0.15) is 50.2 Å². The maximum atomic E-state index is 3.73. The highest BCUT2D eigenvalue weighted by Gasteiger charge is 2.25. The van der Waals surface area contributed by atoms with Crippen molar-refractivity contribution in [2.45, 2.75) is 58.0 Å². The zero-order chi connectivity index (χ0) is 11.4. The highest BCUT2D eigenvalue weighted by molar-refractivity contribution is 5.21. The quantitative estimate of drug-likeness (QED) is 0.812. The van der Waals surface area contributed by atoms with Gasteiger partial charge in [-0.15, -0.1) is 0 Å². The third-order valence-corrected chi connectivity index (χ3v) is 3.80. The molecule has 0 aromatic heterocycles. The van der Waals surface area contributed by atoms with Crippen molar-refractivity contribution < 1.29 is 0 Å². The van der Waals surface area contributed by atoms with Crippen LogP contribution in [0.2, 0.25) is 0 Å². The van der Waals surface area contributed by atoms with Crippen LogP contribution in [0.4, 0.5) is 0 Å². The van der Waals surface area contributed by atoms with Crippen LogP contribution in [0.3, 0.4) is 0 Å². The number of benzene rings is 1. The third kappa shape index (κ3) is 3.08. The summed E-state index contributed by atoms with van der Waals surface area (Å²) in [5.41, 5.74) is 3.12. The number of rotatable bonds is 3. The summed E-state index contributed by atoms with van der Waals surface area (Å²) in [4.78, 5) is 0. The molecule has 88 valence electrons. The van der Waals surface area contributed by atoms with Crippen molar-refractivity contribution in [3.8, 4) is 0 Å². The van der Waals surface area contributed by atoms with Crippen LogP contribution in [0.15, 0.2) is 24.3 Å². The fourth-order valence-electron chi connectivity index (χ4n) is 2.53. The van der Waals surface area contributed by atoms with Gasteiger partial charge < -0.3 is 5.32 Å². The lowest BCUT2D eigenvalue weighted by molar-refractivity contribution is 0.252. The van der Waals surface area contributed by atoms with Crippen LogP contribution in [-0.4, -0.2) is 5.54 Å². The van der Waals surface area contributed by atoms with Crippen LogP contribution in [0.5, 0.6) is 0 Å². The molecule has 0 bridgehead atoms. The average molecular weight is 217 g/mol. The lowest BCUT2D eigenvalue weighted by Crippen LogP contribution is -2.43. The van der Waals surface area contributed by atoms with E-state index in [1.54, 1.807) is 0 Å². The molecule has 0 amide bonds. The van der Waals surface area contributed by atoms with Gasteiger partial charge >= 0.3 is 0 Å². The van der Waals surface area contributed by atoms with E-state index in [0.29, 0.717) is 5.54 Å². The first-order chi connectivity index (χ1) is 7.68. The zero-order valence-corrected chi connectivity index (χ0v) is 10.6. The highest BCUT2D eigenvalue weighted by atomic mass is 15.0. The molecule has 2 rings (SSSR count). The maximum absolute atomic E-state index is 3.73. The van der Waals surface area contributed by atoms with Crippen LogP contribution < -0.4 is 5.32 Å². The van der Waals surface area contributed by atoms with Gasteiger partial charge in [0.15, 0.2) is 0 Å². The van der Waals surface area contributed by atoms with E-state index in [9.17, 15) is 0 Å². The van der Waals surface area contributed by atoms with E-state index < -0.39 is 0 Å². The SMILES string of the molecule is Cc1ccc(CNC2(C)CCCCC2)cc1. The molecule has 1 saturated carbocycles. The monoisotopic (exact) mass is 217 g/mol. The van der Waals surface area contributed by atoms with E-state index >= 15 is 0 Å². The van der Waals surface area contributed by atoms with Gasteiger partial charge in [0.2, 0.25) is 0 Å². The lowest BCUT2D eigenvalue weighted by Gasteiger charge is -2.34. The third-order valence-electron chi connectivity index (χ3n) is 3.80. The molecular formula is C15H23N. The Morgan fingerprint density at radius 3 is 2.31 bits per heavy atom. The molecule has 1 aromatic carbocycles. The second-order valence-electron chi connectivity index (χ2n) is 5.46. The molecule has 0 aliphatic heterocycles. The Balaban J connectivity index is 1.88. The molecule has 0 atom stereocenters. The average Bonchev–Trinajstić information content (AvgIpc) is 2.29. The minimum absolute atomic E-state index is 0.378. The normalized spacial score (nSPS) is 19.6. The summed E-state index contributed by atoms with van der Waals surface area (Å²) in [5.74, 6) is 0. The molecule has 0 heterocycles. The molecule has 0 saturated heterocycles. The highest BCUT2D eigenvalue weighted by Crippen LogP contribution is 2.27. The lowest BCUT2D eigenvalue weighted by atomic mass is 9.83. The van der Waals surface area contributed by atoms with Gasteiger partial charge in [0, 0.05) is 12.1 Å². The van der Waals surface area contributed by atoms with Gasteiger partial charge in [-0.25, -0.2) is 0 Å². The van der Waals surface area contributed by atoms with E-state index in [2.05, 4.69) is 43.4 Å². The van der Waals surface area contributed by atoms with Crippen molar-refractivity contribution in [3.63, 3.8) is 0 Å². The molecule has 1 nitrogen and oxygen atoms in total. The van der Waals surface area contributed by atoms with Gasteiger partial charge in [0.1, 0.15) is 0 Å². The van der Waals surface area contributed by atoms with E-state index in [1.807, 2.05) is 0 Å². The smallest absolute Gasteiger partial charge is 0.0210 e. The molecule has 0 radical (unpaired) electrons. The van der Waals surface area contributed by atoms with Crippen LogP contribution >= 0.6 is 0 Å².